The maximum absolute atomic E-state index is 11.9. The number of benzene rings is 3. The van der Waals surface area contributed by atoms with Gasteiger partial charge in [0, 0.05) is 16.9 Å². The quantitative estimate of drug-likeness (QED) is 0.307. The van der Waals surface area contributed by atoms with E-state index in [4.69, 9.17) is 9.72 Å². The van der Waals surface area contributed by atoms with Crippen molar-refractivity contribution in [2.45, 2.75) is 51.7 Å². The summed E-state index contributed by atoms with van der Waals surface area (Å²) in [4.78, 5) is 20.2. The van der Waals surface area contributed by atoms with Crippen LogP contribution in [0.4, 0.5) is 4.79 Å². The normalized spacial score (nSPS) is 17.9. The fourth-order valence-electron chi connectivity index (χ4n) is 4.28. The molecule has 1 aliphatic carbocycles. The molecule has 1 aliphatic rings. The van der Waals surface area contributed by atoms with Crippen molar-refractivity contribution in [3.05, 3.63) is 64.9 Å². The average Bonchev–Trinajstić information content (AvgIpc) is 3.34. The van der Waals surface area contributed by atoms with Crippen LogP contribution in [0.5, 0.6) is 0 Å². The van der Waals surface area contributed by atoms with Crippen molar-refractivity contribution in [2.24, 2.45) is 5.92 Å². The summed E-state index contributed by atoms with van der Waals surface area (Å²) in [6.45, 7) is 5.63. The molecule has 1 fully saturated rings. The number of halogens is 1. The van der Waals surface area contributed by atoms with Crippen LogP contribution in [0, 0.1) is 5.92 Å². The molecule has 2 N–H and O–H groups in total. The molecule has 0 saturated heterocycles. The molecule has 3 aromatic carbocycles. The van der Waals surface area contributed by atoms with Crippen molar-refractivity contribution < 1.29 is 9.53 Å². The summed E-state index contributed by atoms with van der Waals surface area (Å²) in [5.74, 6) is 1.48. The first-order valence-corrected chi connectivity index (χ1v) is 12.2. The minimum absolute atomic E-state index is 0.212. The number of imidazole rings is 1. The highest BCUT2D eigenvalue weighted by atomic mass is 79.9. The molecule has 1 saturated carbocycles. The van der Waals surface area contributed by atoms with E-state index in [-0.39, 0.29) is 12.1 Å². The van der Waals surface area contributed by atoms with E-state index in [2.05, 4.69) is 80.8 Å². The molecule has 5 rings (SSSR count). The lowest BCUT2D eigenvalue weighted by molar-refractivity contribution is 0.0521. The van der Waals surface area contributed by atoms with Crippen molar-refractivity contribution in [2.75, 3.05) is 0 Å². The fraction of sp³-hybridized carbons (Fsp3) is 0.333. The van der Waals surface area contributed by atoms with Crippen LogP contribution < -0.4 is 5.32 Å². The van der Waals surface area contributed by atoms with Crippen molar-refractivity contribution in [3.63, 3.8) is 0 Å². The number of alkyl carbamates (subject to hydrolysis) is 1. The van der Waals surface area contributed by atoms with Gasteiger partial charge in [-0.25, -0.2) is 9.78 Å². The highest BCUT2D eigenvalue weighted by molar-refractivity contribution is 9.10. The number of carbonyl (C=O) groups is 1. The number of nitrogens with zero attached hydrogens (tertiary/aromatic N) is 1. The summed E-state index contributed by atoms with van der Waals surface area (Å²) in [6, 6.07) is 19.5. The summed E-state index contributed by atoms with van der Waals surface area (Å²) < 4.78 is 6.44. The molecule has 6 heteroatoms. The molecule has 0 radical (unpaired) electrons. The van der Waals surface area contributed by atoms with Crippen molar-refractivity contribution in [3.8, 4) is 11.1 Å². The largest absolute Gasteiger partial charge is 0.444 e. The first-order valence-electron chi connectivity index (χ1n) is 11.4. The number of aromatic amines is 1. The van der Waals surface area contributed by atoms with Gasteiger partial charge in [0.1, 0.15) is 11.4 Å². The van der Waals surface area contributed by atoms with E-state index < -0.39 is 5.60 Å². The summed E-state index contributed by atoms with van der Waals surface area (Å²) in [5, 5.41) is 5.41. The van der Waals surface area contributed by atoms with Gasteiger partial charge in [-0.05, 0) is 91.8 Å². The smallest absolute Gasteiger partial charge is 0.407 e. The zero-order valence-corrected chi connectivity index (χ0v) is 20.7. The average molecular weight is 506 g/mol. The molecular formula is C27H28BrN3O2. The van der Waals surface area contributed by atoms with Gasteiger partial charge in [-0.15, -0.1) is 0 Å². The zero-order valence-electron chi connectivity index (χ0n) is 19.1. The van der Waals surface area contributed by atoms with E-state index in [0.29, 0.717) is 5.92 Å². The summed E-state index contributed by atoms with van der Waals surface area (Å²) in [5.41, 5.74) is 3.93. The van der Waals surface area contributed by atoms with Gasteiger partial charge >= 0.3 is 6.09 Å². The Morgan fingerprint density at radius 2 is 1.82 bits per heavy atom. The van der Waals surface area contributed by atoms with Gasteiger partial charge in [-0.2, -0.15) is 0 Å². The van der Waals surface area contributed by atoms with Crippen LogP contribution in [-0.2, 0) is 11.2 Å². The highest BCUT2D eigenvalue weighted by Crippen LogP contribution is 2.35. The third-order valence-corrected chi connectivity index (χ3v) is 6.54. The number of hydrogen-bond acceptors (Lipinski definition) is 3. The summed E-state index contributed by atoms with van der Waals surface area (Å²) >= 11 is 3.54. The number of carbonyl (C=O) groups excluding carboxylic acids is 1. The Hall–Kier alpha value is -2.86. The lowest BCUT2D eigenvalue weighted by atomic mass is 10.0. The molecule has 5 nitrogen and oxygen atoms in total. The van der Waals surface area contributed by atoms with Crippen LogP contribution in [-0.4, -0.2) is 27.7 Å². The Morgan fingerprint density at radius 3 is 2.64 bits per heavy atom. The number of nitrogens with one attached hydrogen (secondary N) is 2. The Bertz CT molecular complexity index is 1340. The van der Waals surface area contributed by atoms with Gasteiger partial charge in [0.25, 0.3) is 0 Å². The number of ether oxygens (including phenoxy) is 1. The standard InChI is InChI=1S/C27H28BrN3O2/c1-27(2,3)33-26(32)31-23-15-20(23)8-11-25-29-22-10-7-19(14-24(22)30-25)16-4-5-18-13-21(28)9-6-17(18)12-16/h4-7,9-10,12-14,20,23H,8,11,15H2,1-3H3,(H,29,30)(H,31,32)/t20-,23+/m0/s1. The molecule has 170 valence electrons. The monoisotopic (exact) mass is 505 g/mol. The van der Waals surface area contributed by atoms with Gasteiger partial charge in [0.05, 0.1) is 11.0 Å². The van der Waals surface area contributed by atoms with Crippen LogP contribution in [0.3, 0.4) is 0 Å². The molecule has 0 bridgehead atoms. The second kappa shape index (κ2) is 8.49. The Labute approximate surface area is 202 Å². The van der Waals surface area contributed by atoms with Crippen LogP contribution >= 0.6 is 15.9 Å². The maximum atomic E-state index is 11.9. The molecule has 0 spiro atoms. The number of fused-ring (bicyclic) bond motifs is 2. The molecule has 1 aromatic heterocycles. The number of hydrogen-bond donors (Lipinski definition) is 2. The van der Waals surface area contributed by atoms with Crippen LogP contribution in [0.2, 0.25) is 0 Å². The van der Waals surface area contributed by atoms with Crippen molar-refractivity contribution >= 4 is 43.8 Å². The maximum Gasteiger partial charge on any atom is 0.407 e. The third kappa shape index (κ3) is 5.22. The Morgan fingerprint density at radius 1 is 1.09 bits per heavy atom. The lowest BCUT2D eigenvalue weighted by Gasteiger charge is -2.19. The van der Waals surface area contributed by atoms with Gasteiger partial charge < -0.3 is 15.0 Å². The van der Waals surface area contributed by atoms with Crippen molar-refractivity contribution in [1.82, 2.24) is 15.3 Å². The molecule has 4 aromatic rings. The molecule has 1 heterocycles. The topological polar surface area (TPSA) is 67.0 Å². The second-order valence-electron chi connectivity index (χ2n) is 9.91. The number of H-pyrrole nitrogens is 1. The van der Waals surface area contributed by atoms with Crippen molar-refractivity contribution in [1.29, 1.82) is 0 Å². The minimum Gasteiger partial charge on any atom is -0.444 e. The SMILES string of the molecule is CC(C)(C)OC(=O)N[C@@H]1C[C@@H]1CCc1nc2ccc(-c3ccc4cc(Br)ccc4c3)cc2[nH]1. The van der Waals surface area contributed by atoms with Crippen LogP contribution in [0.1, 0.15) is 39.4 Å². The first-order chi connectivity index (χ1) is 15.7. The minimum atomic E-state index is -0.467. The molecule has 2 atom stereocenters. The second-order valence-corrected chi connectivity index (χ2v) is 10.8. The van der Waals surface area contributed by atoms with E-state index in [1.807, 2.05) is 20.8 Å². The molecule has 0 aliphatic heterocycles. The number of rotatable bonds is 5. The molecule has 33 heavy (non-hydrogen) atoms. The Balaban J connectivity index is 1.23. The van der Waals surface area contributed by atoms with Gasteiger partial charge in [0.2, 0.25) is 0 Å². The molecule has 0 unspecified atom stereocenters. The van der Waals surface area contributed by atoms with E-state index in [9.17, 15) is 4.79 Å². The van der Waals surface area contributed by atoms with Crippen LogP contribution in [0.15, 0.2) is 59.1 Å². The Kier molecular flexibility index (Phi) is 5.65. The van der Waals surface area contributed by atoms with Gasteiger partial charge in [-0.1, -0.05) is 40.2 Å². The lowest BCUT2D eigenvalue weighted by Crippen LogP contribution is -2.34. The highest BCUT2D eigenvalue weighted by Gasteiger charge is 2.38. The molecule has 1 amide bonds. The third-order valence-electron chi connectivity index (χ3n) is 6.04. The number of aromatic nitrogens is 2. The molecular weight excluding hydrogens is 478 g/mol. The van der Waals surface area contributed by atoms with Gasteiger partial charge in [-0.3, -0.25) is 0 Å². The van der Waals surface area contributed by atoms with E-state index >= 15 is 0 Å². The van der Waals surface area contributed by atoms with Crippen LogP contribution in [0.25, 0.3) is 32.9 Å². The van der Waals surface area contributed by atoms with E-state index in [1.165, 1.54) is 21.9 Å². The number of aryl methyl sites for hydroxylation is 1. The summed E-state index contributed by atoms with van der Waals surface area (Å²) in [7, 11) is 0. The first kappa shape index (κ1) is 22.0. The number of amides is 1. The predicted octanol–water partition coefficient (Wildman–Crippen LogP) is 6.99. The van der Waals surface area contributed by atoms with E-state index in [0.717, 1.165) is 40.6 Å². The van der Waals surface area contributed by atoms with E-state index in [1.54, 1.807) is 0 Å². The zero-order chi connectivity index (χ0) is 23.2. The fourth-order valence-corrected chi connectivity index (χ4v) is 4.66. The summed E-state index contributed by atoms with van der Waals surface area (Å²) in [6.07, 6.45) is 2.54. The van der Waals surface area contributed by atoms with Gasteiger partial charge in [0.15, 0.2) is 0 Å². The predicted molar refractivity (Wildman–Crippen MR) is 136 cm³/mol.